The molecule has 0 saturated carbocycles. The minimum atomic E-state index is -0.0614. The lowest BCUT2D eigenvalue weighted by atomic mass is 10.00. The maximum atomic E-state index is 12.7. The molecule has 0 radical (unpaired) electrons. The van der Waals surface area contributed by atoms with Gasteiger partial charge in [-0.05, 0) is 25.8 Å². The van der Waals surface area contributed by atoms with E-state index in [-0.39, 0.29) is 11.8 Å². The zero-order valence-electron chi connectivity index (χ0n) is 11.4. The molecule has 4 heteroatoms. The molecule has 100 valence electrons. The SMILES string of the molecule is CCc1ccccc1C(=O)c1c(Cl)cnn1C(C)C. The standard InChI is InChI=1S/C15H17ClN2O/c1-4-11-7-5-6-8-12(11)15(19)14-13(16)9-17-18(14)10(2)3/h5-10H,4H2,1-3H3. The number of benzene rings is 1. The average molecular weight is 277 g/mol. The zero-order chi connectivity index (χ0) is 14.0. The van der Waals surface area contributed by atoms with Gasteiger partial charge in [0.1, 0.15) is 5.69 Å². The molecule has 0 spiro atoms. The van der Waals surface area contributed by atoms with Gasteiger partial charge in [0.2, 0.25) is 5.78 Å². The van der Waals surface area contributed by atoms with Gasteiger partial charge in [0.15, 0.2) is 0 Å². The van der Waals surface area contributed by atoms with Crippen LogP contribution in [0.3, 0.4) is 0 Å². The van der Waals surface area contributed by atoms with Gasteiger partial charge < -0.3 is 0 Å². The summed E-state index contributed by atoms with van der Waals surface area (Å²) >= 11 is 6.13. The van der Waals surface area contributed by atoms with E-state index in [0.29, 0.717) is 16.3 Å². The predicted octanol–water partition coefficient (Wildman–Crippen LogP) is 3.91. The topological polar surface area (TPSA) is 34.9 Å². The quantitative estimate of drug-likeness (QED) is 0.794. The summed E-state index contributed by atoms with van der Waals surface area (Å²) in [6.07, 6.45) is 2.35. The van der Waals surface area contributed by atoms with Crippen LogP contribution in [0.5, 0.6) is 0 Å². The van der Waals surface area contributed by atoms with Crippen molar-refractivity contribution in [3.63, 3.8) is 0 Å². The summed E-state index contributed by atoms with van der Waals surface area (Å²) in [6, 6.07) is 7.72. The van der Waals surface area contributed by atoms with E-state index in [2.05, 4.69) is 5.10 Å². The highest BCUT2D eigenvalue weighted by Crippen LogP contribution is 2.23. The predicted molar refractivity (Wildman–Crippen MR) is 76.9 cm³/mol. The van der Waals surface area contributed by atoms with Crippen LogP contribution in [-0.4, -0.2) is 15.6 Å². The molecular weight excluding hydrogens is 260 g/mol. The van der Waals surface area contributed by atoms with Crippen LogP contribution >= 0.6 is 11.6 Å². The number of hydrogen-bond acceptors (Lipinski definition) is 2. The number of nitrogens with zero attached hydrogens (tertiary/aromatic N) is 2. The lowest BCUT2D eigenvalue weighted by Crippen LogP contribution is -2.15. The van der Waals surface area contributed by atoms with Crippen molar-refractivity contribution in [1.82, 2.24) is 9.78 Å². The molecule has 19 heavy (non-hydrogen) atoms. The Kier molecular flexibility index (Phi) is 4.05. The van der Waals surface area contributed by atoms with Crippen molar-refractivity contribution in [1.29, 1.82) is 0 Å². The van der Waals surface area contributed by atoms with Gasteiger partial charge >= 0.3 is 0 Å². The van der Waals surface area contributed by atoms with Crippen molar-refractivity contribution < 1.29 is 4.79 Å². The Labute approximate surface area is 118 Å². The Balaban J connectivity index is 2.53. The fourth-order valence-electron chi connectivity index (χ4n) is 2.12. The molecule has 1 heterocycles. The number of carbonyl (C=O) groups excluding carboxylic acids is 1. The second kappa shape index (κ2) is 5.57. The van der Waals surface area contributed by atoms with E-state index in [1.54, 1.807) is 4.68 Å². The summed E-state index contributed by atoms with van der Waals surface area (Å²) in [5.74, 6) is -0.0614. The molecule has 3 nitrogen and oxygen atoms in total. The molecule has 0 aliphatic carbocycles. The van der Waals surface area contributed by atoms with Crippen molar-refractivity contribution in [3.8, 4) is 0 Å². The first kappa shape index (κ1) is 13.8. The van der Waals surface area contributed by atoms with E-state index < -0.39 is 0 Å². The average Bonchev–Trinajstić information content (AvgIpc) is 2.80. The van der Waals surface area contributed by atoms with Crippen LogP contribution in [0, 0.1) is 0 Å². The molecule has 0 atom stereocenters. The fourth-order valence-corrected chi connectivity index (χ4v) is 2.34. The number of hydrogen-bond donors (Lipinski definition) is 0. The normalized spacial score (nSPS) is 11.0. The second-order valence-corrected chi connectivity index (χ2v) is 5.13. The highest BCUT2D eigenvalue weighted by Gasteiger charge is 2.22. The Bertz CT molecular complexity index is 602. The van der Waals surface area contributed by atoms with Gasteiger partial charge in [-0.1, -0.05) is 42.8 Å². The van der Waals surface area contributed by atoms with Gasteiger partial charge in [-0.2, -0.15) is 5.10 Å². The molecule has 2 aromatic rings. The van der Waals surface area contributed by atoms with Crippen LogP contribution in [0.4, 0.5) is 0 Å². The van der Waals surface area contributed by atoms with Gasteiger partial charge in [-0.25, -0.2) is 0 Å². The number of carbonyl (C=O) groups is 1. The molecule has 1 aromatic carbocycles. The van der Waals surface area contributed by atoms with Crippen molar-refractivity contribution in [2.24, 2.45) is 0 Å². The number of rotatable bonds is 4. The fraction of sp³-hybridized carbons (Fsp3) is 0.333. The maximum absolute atomic E-state index is 12.7. The van der Waals surface area contributed by atoms with E-state index in [1.165, 1.54) is 6.20 Å². The van der Waals surface area contributed by atoms with E-state index in [0.717, 1.165) is 12.0 Å². The van der Waals surface area contributed by atoms with Crippen LogP contribution in [0.1, 0.15) is 48.4 Å². The Morgan fingerprint density at radius 3 is 2.68 bits per heavy atom. The molecule has 0 aliphatic heterocycles. The lowest BCUT2D eigenvalue weighted by Gasteiger charge is -2.12. The highest BCUT2D eigenvalue weighted by molar-refractivity contribution is 6.34. The van der Waals surface area contributed by atoms with Crippen LogP contribution in [-0.2, 0) is 6.42 Å². The van der Waals surface area contributed by atoms with E-state index in [9.17, 15) is 4.79 Å². The van der Waals surface area contributed by atoms with Gasteiger partial charge in [0.25, 0.3) is 0 Å². The van der Waals surface area contributed by atoms with E-state index >= 15 is 0 Å². The monoisotopic (exact) mass is 276 g/mol. The van der Waals surface area contributed by atoms with Crippen molar-refractivity contribution in [2.45, 2.75) is 33.2 Å². The molecule has 2 rings (SSSR count). The molecule has 1 aromatic heterocycles. The molecular formula is C15H17ClN2O. The molecule has 0 amide bonds. The smallest absolute Gasteiger partial charge is 0.212 e. The first-order valence-corrected chi connectivity index (χ1v) is 6.79. The molecule has 0 fully saturated rings. The molecule has 0 bridgehead atoms. The van der Waals surface area contributed by atoms with Crippen molar-refractivity contribution >= 4 is 17.4 Å². The lowest BCUT2D eigenvalue weighted by molar-refractivity contribution is 0.102. The van der Waals surface area contributed by atoms with Gasteiger partial charge in [-0.15, -0.1) is 0 Å². The first-order chi connectivity index (χ1) is 9.06. The van der Waals surface area contributed by atoms with Crippen LogP contribution in [0.15, 0.2) is 30.5 Å². The summed E-state index contributed by atoms with van der Waals surface area (Å²) in [5.41, 5.74) is 2.20. The number of halogens is 1. The molecule has 0 saturated heterocycles. The van der Waals surface area contributed by atoms with Crippen LogP contribution in [0.25, 0.3) is 0 Å². The highest BCUT2D eigenvalue weighted by atomic mass is 35.5. The second-order valence-electron chi connectivity index (χ2n) is 4.72. The van der Waals surface area contributed by atoms with E-state index in [1.807, 2.05) is 45.0 Å². The number of aryl methyl sites for hydroxylation is 1. The molecule has 0 N–H and O–H groups in total. The van der Waals surface area contributed by atoms with E-state index in [4.69, 9.17) is 11.6 Å². The third-order valence-electron chi connectivity index (χ3n) is 3.10. The first-order valence-electron chi connectivity index (χ1n) is 6.41. The Hall–Kier alpha value is -1.61. The minimum Gasteiger partial charge on any atom is -0.287 e. The van der Waals surface area contributed by atoms with Crippen molar-refractivity contribution in [3.05, 3.63) is 52.3 Å². The number of aromatic nitrogens is 2. The maximum Gasteiger partial charge on any atom is 0.212 e. The largest absolute Gasteiger partial charge is 0.287 e. The van der Waals surface area contributed by atoms with Gasteiger partial charge in [0, 0.05) is 11.6 Å². The summed E-state index contributed by atoms with van der Waals surface area (Å²) < 4.78 is 1.68. The Morgan fingerprint density at radius 1 is 1.37 bits per heavy atom. The Morgan fingerprint density at radius 2 is 2.05 bits per heavy atom. The summed E-state index contributed by atoms with van der Waals surface area (Å²) in [6.45, 7) is 5.99. The summed E-state index contributed by atoms with van der Waals surface area (Å²) in [5, 5.41) is 4.59. The van der Waals surface area contributed by atoms with Gasteiger partial charge in [0.05, 0.1) is 11.2 Å². The van der Waals surface area contributed by atoms with Crippen molar-refractivity contribution in [2.75, 3.05) is 0 Å². The van der Waals surface area contributed by atoms with Gasteiger partial charge in [-0.3, -0.25) is 9.48 Å². The summed E-state index contributed by atoms with van der Waals surface area (Å²) in [7, 11) is 0. The minimum absolute atomic E-state index is 0.0614. The zero-order valence-corrected chi connectivity index (χ0v) is 12.1. The third-order valence-corrected chi connectivity index (χ3v) is 3.37. The van der Waals surface area contributed by atoms with Crippen LogP contribution in [0.2, 0.25) is 5.02 Å². The third kappa shape index (κ3) is 2.56. The summed E-state index contributed by atoms with van der Waals surface area (Å²) in [4.78, 5) is 12.7. The van der Waals surface area contributed by atoms with Crippen LogP contribution < -0.4 is 0 Å². The number of ketones is 1. The molecule has 0 unspecified atom stereocenters. The molecule has 0 aliphatic rings.